The Balaban J connectivity index is 1.97. The highest BCUT2D eigenvalue weighted by molar-refractivity contribution is 7.21. The van der Waals surface area contributed by atoms with Gasteiger partial charge in [-0.05, 0) is 25.0 Å². The molecule has 3 aromatic heterocycles. The van der Waals surface area contributed by atoms with E-state index < -0.39 is 0 Å². The van der Waals surface area contributed by atoms with E-state index in [9.17, 15) is 4.79 Å². The van der Waals surface area contributed by atoms with Crippen LogP contribution in [0.3, 0.4) is 0 Å². The molecule has 3 aromatic rings. The molecule has 0 aromatic carbocycles. The first-order valence-electron chi connectivity index (χ1n) is 7.41. The van der Waals surface area contributed by atoms with Crippen molar-refractivity contribution in [2.45, 2.75) is 25.8 Å². The maximum Gasteiger partial charge on any atom is 0.224 e. The van der Waals surface area contributed by atoms with E-state index in [-0.39, 0.29) is 5.78 Å². The zero-order chi connectivity index (χ0) is 16.0. The molecule has 3 N–H and O–H groups in total. The molecule has 1 aliphatic carbocycles. The second kappa shape index (κ2) is 5.27. The Hall–Kier alpha value is -2.54. The average molecular weight is 325 g/mol. The maximum atomic E-state index is 11.8. The van der Waals surface area contributed by atoms with E-state index in [1.165, 1.54) is 18.3 Å². The van der Waals surface area contributed by atoms with E-state index in [0.717, 1.165) is 34.3 Å². The number of fused-ring (bicyclic) bond motifs is 1. The van der Waals surface area contributed by atoms with E-state index in [0.29, 0.717) is 22.6 Å². The fraction of sp³-hybridized carbons (Fsp3) is 0.250. The minimum atomic E-state index is -0.0529. The summed E-state index contributed by atoms with van der Waals surface area (Å²) in [4.78, 5) is 26.3. The molecule has 0 atom stereocenters. The molecule has 6 nitrogen and oxygen atoms in total. The fourth-order valence-electron chi connectivity index (χ4n) is 2.48. The zero-order valence-electron chi connectivity index (χ0n) is 12.5. The number of nitrogens with two attached hydrogens (primary N) is 1. The van der Waals surface area contributed by atoms with E-state index in [4.69, 9.17) is 5.73 Å². The lowest BCUT2D eigenvalue weighted by Gasteiger charge is -2.08. The molecule has 0 spiro atoms. The van der Waals surface area contributed by atoms with Crippen LogP contribution in [0, 0.1) is 0 Å². The van der Waals surface area contributed by atoms with Crippen molar-refractivity contribution in [2.24, 2.45) is 0 Å². The molecule has 116 valence electrons. The van der Waals surface area contributed by atoms with Crippen LogP contribution in [-0.4, -0.2) is 26.8 Å². The molecule has 1 aliphatic rings. The fourth-order valence-corrected chi connectivity index (χ4v) is 3.47. The molecule has 0 aliphatic heterocycles. The van der Waals surface area contributed by atoms with Gasteiger partial charge < -0.3 is 11.1 Å². The van der Waals surface area contributed by atoms with Crippen molar-refractivity contribution >= 4 is 39.0 Å². The molecule has 0 amide bonds. The number of hydrogen-bond acceptors (Lipinski definition) is 7. The number of thiophene rings is 1. The van der Waals surface area contributed by atoms with Gasteiger partial charge in [0.15, 0.2) is 5.78 Å². The summed E-state index contributed by atoms with van der Waals surface area (Å²) in [6.45, 7) is 1.52. The first-order valence-corrected chi connectivity index (χ1v) is 8.23. The Morgan fingerprint density at radius 3 is 2.70 bits per heavy atom. The number of nitrogens with one attached hydrogen (secondary N) is 1. The van der Waals surface area contributed by atoms with Crippen LogP contribution in [0.25, 0.3) is 21.5 Å². The molecule has 23 heavy (non-hydrogen) atoms. The molecular formula is C16H15N5OS. The van der Waals surface area contributed by atoms with Gasteiger partial charge in [0.25, 0.3) is 0 Å². The number of carbonyl (C=O) groups excluding carboxylic acids is 1. The first kappa shape index (κ1) is 14.1. The number of rotatable bonds is 4. The molecule has 1 saturated carbocycles. The highest BCUT2D eigenvalue weighted by Gasteiger charge is 2.24. The monoisotopic (exact) mass is 325 g/mol. The predicted octanol–water partition coefficient (Wildman–Crippen LogP) is 3.11. The molecule has 0 unspecified atom stereocenters. The van der Waals surface area contributed by atoms with Gasteiger partial charge in [0.05, 0.1) is 21.6 Å². The van der Waals surface area contributed by atoms with Crippen molar-refractivity contribution in [2.75, 3.05) is 11.1 Å². The number of aromatic nitrogens is 3. The van der Waals surface area contributed by atoms with E-state index >= 15 is 0 Å². The lowest BCUT2D eigenvalue weighted by molar-refractivity contribution is 0.102. The lowest BCUT2D eigenvalue weighted by atomic mass is 10.1. The van der Waals surface area contributed by atoms with Gasteiger partial charge in [0.1, 0.15) is 4.83 Å². The quantitative estimate of drug-likeness (QED) is 0.716. The normalized spacial score (nSPS) is 14.1. The molecule has 0 radical (unpaired) electrons. The average Bonchev–Trinajstić information content (AvgIpc) is 3.29. The second-order valence-corrected chi connectivity index (χ2v) is 6.63. The highest BCUT2D eigenvalue weighted by atomic mass is 32.1. The standard InChI is InChI=1S/C16H15N5OS/c1-8(22)14-12(17)11-13(9-4-6-18-7-5-9)20-16(19-10-2-3-10)21-15(11)23-14/h4-7,10H,2-3,17H2,1H3,(H,19,20,21). The van der Waals surface area contributed by atoms with Crippen LogP contribution < -0.4 is 11.1 Å². The van der Waals surface area contributed by atoms with Crippen molar-refractivity contribution in [3.8, 4) is 11.3 Å². The van der Waals surface area contributed by atoms with Crippen LogP contribution in [0.15, 0.2) is 24.5 Å². The second-order valence-electron chi connectivity index (χ2n) is 5.63. The van der Waals surface area contributed by atoms with Crippen LogP contribution in [0.5, 0.6) is 0 Å². The van der Waals surface area contributed by atoms with Gasteiger partial charge in [-0.2, -0.15) is 0 Å². The minimum Gasteiger partial charge on any atom is -0.397 e. The predicted molar refractivity (Wildman–Crippen MR) is 91.7 cm³/mol. The number of nitrogen functional groups attached to an aromatic ring is 1. The number of Topliss-reactive ketones (excluding diaryl/α,β-unsaturated/α-hetero) is 1. The highest BCUT2D eigenvalue weighted by Crippen LogP contribution is 2.39. The van der Waals surface area contributed by atoms with Crippen LogP contribution in [0.2, 0.25) is 0 Å². The third-order valence-electron chi connectivity index (χ3n) is 3.77. The third-order valence-corrected chi connectivity index (χ3v) is 4.97. The minimum absolute atomic E-state index is 0.0529. The first-order chi connectivity index (χ1) is 11.1. The molecular weight excluding hydrogens is 310 g/mol. The Labute approximate surface area is 136 Å². The summed E-state index contributed by atoms with van der Waals surface area (Å²) in [6, 6.07) is 4.21. The van der Waals surface area contributed by atoms with E-state index in [1.54, 1.807) is 12.4 Å². The Morgan fingerprint density at radius 1 is 1.30 bits per heavy atom. The Morgan fingerprint density at radius 2 is 2.04 bits per heavy atom. The van der Waals surface area contributed by atoms with Crippen LogP contribution in [0.4, 0.5) is 11.6 Å². The Bertz CT molecular complexity index is 902. The Kier molecular flexibility index (Phi) is 3.23. The topological polar surface area (TPSA) is 93.8 Å². The number of nitrogens with zero attached hydrogens (tertiary/aromatic N) is 3. The molecule has 3 heterocycles. The van der Waals surface area contributed by atoms with Crippen molar-refractivity contribution < 1.29 is 4.79 Å². The summed E-state index contributed by atoms with van der Waals surface area (Å²) in [6.07, 6.45) is 5.70. The SMILES string of the molecule is CC(=O)c1sc2nc(NC3CC3)nc(-c3ccncc3)c2c1N. The van der Waals surface area contributed by atoms with Crippen molar-refractivity contribution in [3.05, 3.63) is 29.4 Å². The largest absolute Gasteiger partial charge is 0.397 e. The van der Waals surface area contributed by atoms with Gasteiger partial charge in [0, 0.05) is 30.9 Å². The third kappa shape index (κ3) is 2.53. The zero-order valence-corrected chi connectivity index (χ0v) is 13.4. The van der Waals surface area contributed by atoms with Crippen molar-refractivity contribution in [1.29, 1.82) is 0 Å². The maximum absolute atomic E-state index is 11.8. The number of hydrogen-bond donors (Lipinski definition) is 2. The van der Waals surface area contributed by atoms with E-state index in [1.807, 2.05) is 12.1 Å². The van der Waals surface area contributed by atoms with Gasteiger partial charge in [-0.25, -0.2) is 9.97 Å². The molecule has 0 saturated heterocycles. The molecule has 7 heteroatoms. The van der Waals surface area contributed by atoms with Gasteiger partial charge in [-0.1, -0.05) is 0 Å². The van der Waals surface area contributed by atoms with Crippen molar-refractivity contribution in [3.63, 3.8) is 0 Å². The number of carbonyl (C=O) groups is 1. The van der Waals surface area contributed by atoms with Gasteiger partial charge in [-0.15, -0.1) is 11.3 Å². The summed E-state index contributed by atoms with van der Waals surface area (Å²) in [7, 11) is 0. The van der Waals surface area contributed by atoms with Gasteiger partial charge in [-0.3, -0.25) is 9.78 Å². The van der Waals surface area contributed by atoms with Crippen LogP contribution in [-0.2, 0) is 0 Å². The lowest BCUT2D eigenvalue weighted by Crippen LogP contribution is -2.06. The number of pyridine rings is 1. The summed E-state index contributed by atoms with van der Waals surface area (Å²) >= 11 is 1.32. The van der Waals surface area contributed by atoms with Crippen LogP contribution in [0.1, 0.15) is 29.4 Å². The molecule has 4 rings (SSSR count). The summed E-state index contributed by atoms with van der Waals surface area (Å²) in [5, 5.41) is 4.06. The van der Waals surface area contributed by atoms with Crippen molar-refractivity contribution in [1.82, 2.24) is 15.0 Å². The summed E-state index contributed by atoms with van der Waals surface area (Å²) in [5.41, 5.74) is 8.32. The molecule has 1 fully saturated rings. The van der Waals surface area contributed by atoms with Crippen LogP contribution >= 0.6 is 11.3 Å². The van der Waals surface area contributed by atoms with Gasteiger partial charge >= 0.3 is 0 Å². The summed E-state index contributed by atoms with van der Waals surface area (Å²) in [5.74, 6) is 0.533. The number of anilines is 2. The summed E-state index contributed by atoms with van der Waals surface area (Å²) < 4.78 is 0. The smallest absolute Gasteiger partial charge is 0.224 e. The van der Waals surface area contributed by atoms with Gasteiger partial charge in [0.2, 0.25) is 5.95 Å². The molecule has 0 bridgehead atoms. The van der Waals surface area contributed by atoms with E-state index in [2.05, 4.69) is 20.3 Å². The number of ketones is 1.